The highest BCUT2D eigenvalue weighted by molar-refractivity contribution is 7.93. The van der Waals surface area contributed by atoms with E-state index in [1.165, 1.54) is 17.6 Å². The van der Waals surface area contributed by atoms with Crippen molar-refractivity contribution in [3.63, 3.8) is 0 Å². The zero-order valence-electron chi connectivity index (χ0n) is 16.9. The van der Waals surface area contributed by atoms with Gasteiger partial charge in [-0.15, -0.1) is 24.8 Å². The van der Waals surface area contributed by atoms with Crippen molar-refractivity contribution in [1.82, 2.24) is 10.3 Å². The maximum absolute atomic E-state index is 13.4. The second-order valence-corrected chi connectivity index (χ2v) is 9.01. The number of carbonyl (C=O) groups excluding carboxylic acids is 1. The molecule has 2 aromatic rings. The third kappa shape index (κ3) is 6.07. The fourth-order valence-electron chi connectivity index (χ4n) is 3.29. The summed E-state index contributed by atoms with van der Waals surface area (Å²) < 4.78 is 33.0. The van der Waals surface area contributed by atoms with Gasteiger partial charge in [0.2, 0.25) is 10.0 Å². The monoisotopic (exact) mass is 475 g/mol. The molecular formula is C20H27Cl2N3O4S. The molecule has 0 amide bonds. The van der Waals surface area contributed by atoms with Crippen LogP contribution in [0.2, 0.25) is 0 Å². The molecule has 1 N–H and O–H groups in total. The number of aromatic nitrogens is 1. The summed E-state index contributed by atoms with van der Waals surface area (Å²) in [4.78, 5) is 15.9. The number of methoxy groups -OCH3 is 1. The van der Waals surface area contributed by atoms with E-state index in [1.54, 1.807) is 18.2 Å². The Labute approximate surface area is 190 Å². The molecule has 166 valence electrons. The number of rotatable bonds is 6. The number of benzene rings is 1. The van der Waals surface area contributed by atoms with E-state index in [0.717, 1.165) is 5.56 Å². The largest absolute Gasteiger partial charge is 0.465 e. The van der Waals surface area contributed by atoms with Crippen LogP contribution in [0, 0.1) is 6.92 Å². The number of aryl methyl sites for hydroxylation is 1. The minimum atomic E-state index is -3.56. The molecule has 3 rings (SSSR count). The van der Waals surface area contributed by atoms with Gasteiger partial charge < -0.3 is 10.1 Å². The van der Waals surface area contributed by atoms with E-state index in [0.29, 0.717) is 42.9 Å². The van der Waals surface area contributed by atoms with E-state index in [4.69, 9.17) is 0 Å². The molecule has 30 heavy (non-hydrogen) atoms. The number of carbonyl (C=O) groups is 1. The van der Waals surface area contributed by atoms with Gasteiger partial charge in [0.05, 0.1) is 35.8 Å². The van der Waals surface area contributed by atoms with E-state index in [-0.39, 0.29) is 31.4 Å². The Bertz CT molecular complexity index is 933. The SMILES string of the molecule is COC(=O)c1ccc(CN(c2cccc(C)c2)S(=O)(=O)C2CCNCC2)nc1.Cl.Cl. The van der Waals surface area contributed by atoms with Crippen LogP contribution in [-0.4, -0.2) is 44.8 Å². The first-order valence-corrected chi connectivity index (χ1v) is 10.7. The number of piperidine rings is 1. The van der Waals surface area contributed by atoms with Gasteiger partial charge in [0.25, 0.3) is 0 Å². The molecule has 0 atom stereocenters. The van der Waals surface area contributed by atoms with Crippen LogP contribution in [0.3, 0.4) is 0 Å². The molecule has 1 saturated heterocycles. The highest BCUT2D eigenvalue weighted by Gasteiger charge is 2.33. The lowest BCUT2D eigenvalue weighted by molar-refractivity contribution is 0.0600. The quantitative estimate of drug-likeness (QED) is 0.645. The summed E-state index contributed by atoms with van der Waals surface area (Å²) in [6.45, 7) is 3.43. The standard InChI is InChI=1S/C20H25N3O4S.2ClH/c1-15-4-3-5-18(12-15)23(28(25,26)19-8-10-21-11-9-19)14-17-7-6-16(13-22-17)20(24)27-2;;/h3-7,12-13,19,21H,8-11,14H2,1-2H3;2*1H. The number of hydrogen-bond acceptors (Lipinski definition) is 6. The normalized spacial score (nSPS) is 14.2. The van der Waals surface area contributed by atoms with E-state index < -0.39 is 21.2 Å². The Balaban J connectivity index is 0.00000225. The number of halogens is 2. The van der Waals surface area contributed by atoms with Crippen LogP contribution >= 0.6 is 24.8 Å². The average molecular weight is 476 g/mol. The molecule has 1 fully saturated rings. The molecule has 0 bridgehead atoms. The Kier molecular flexibility index (Phi) is 10.0. The molecule has 1 aliphatic heterocycles. The van der Waals surface area contributed by atoms with Crippen LogP contribution in [-0.2, 0) is 21.3 Å². The van der Waals surface area contributed by atoms with Gasteiger partial charge in [0.1, 0.15) is 0 Å². The van der Waals surface area contributed by atoms with Gasteiger partial charge in [0.15, 0.2) is 0 Å². The van der Waals surface area contributed by atoms with Crippen molar-refractivity contribution in [1.29, 1.82) is 0 Å². The molecule has 0 radical (unpaired) electrons. The lowest BCUT2D eigenvalue weighted by atomic mass is 10.2. The van der Waals surface area contributed by atoms with Crippen molar-refractivity contribution in [3.8, 4) is 0 Å². The number of anilines is 1. The summed E-state index contributed by atoms with van der Waals surface area (Å²) >= 11 is 0. The molecule has 1 aliphatic rings. The predicted octanol–water partition coefficient (Wildman–Crippen LogP) is 3.11. The number of nitrogens with one attached hydrogen (secondary N) is 1. The Morgan fingerprint density at radius 3 is 2.47 bits per heavy atom. The van der Waals surface area contributed by atoms with Crippen molar-refractivity contribution in [2.24, 2.45) is 0 Å². The van der Waals surface area contributed by atoms with Gasteiger partial charge in [-0.3, -0.25) is 9.29 Å². The van der Waals surface area contributed by atoms with Crippen LogP contribution < -0.4 is 9.62 Å². The lowest BCUT2D eigenvalue weighted by Crippen LogP contribution is -2.44. The van der Waals surface area contributed by atoms with Crippen LogP contribution in [0.15, 0.2) is 42.6 Å². The van der Waals surface area contributed by atoms with Gasteiger partial charge in [-0.25, -0.2) is 13.2 Å². The zero-order chi connectivity index (χ0) is 20.1. The second-order valence-electron chi connectivity index (χ2n) is 6.87. The molecule has 1 aromatic heterocycles. The second kappa shape index (κ2) is 11.5. The van der Waals surface area contributed by atoms with Crippen LogP contribution in [0.4, 0.5) is 5.69 Å². The van der Waals surface area contributed by atoms with E-state index in [9.17, 15) is 13.2 Å². The molecular weight excluding hydrogens is 449 g/mol. The minimum Gasteiger partial charge on any atom is -0.465 e. The summed E-state index contributed by atoms with van der Waals surface area (Å²) in [5.41, 5.74) is 2.50. The molecule has 0 saturated carbocycles. The van der Waals surface area contributed by atoms with Gasteiger partial charge in [-0.05, 0) is 62.7 Å². The fourth-order valence-corrected chi connectivity index (χ4v) is 5.20. The maximum atomic E-state index is 13.4. The number of hydrogen-bond donors (Lipinski definition) is 1. The van der Waals surface area contributed by atoms with E-state index in [1.807, 2.05) is 25.1 Å². The summed E-state index contributed by atoms with van der Waals surface area (Å²) in [5.74, 6) is -0.475. The topological polar surface area (TPSA) is 88.6 Å². The first-order chi connectivity index (χ1) is 13.4. The highest BCUT2D eigenvalue weighted by atomic mass is 35.5. The minimum absolute atomic E-state index is 0. The molecule has 1 aromatic carbocycles. The van der Waals surface area contributed by atoms with Gasteiger partial charge in [0, 0.05) is 6.20 Å². The van der Waals surface area contributed by atoms with Gasteiger partial charge in [-0.1, -0.05) is 12.1 Å². The van der Waals surface area contributed by atoms with Crippen molar-refractivity contribution in [3.05, 3.63) is 59.4 Å². The third-order valence-electron chi connectivity index (χ3n) is 4.86. The number of ether oxygens (including phenoxy) is 1. The molecule has 0 unspecified atom stereocenters. The van der Waals surface area contributed by atoms with Crippen LogP contribution in [0.5, 0.6) is 0 Å². The summed E-state index contributed by atoms with van der Waals surface area (Å²) in [6, 6.07) is 10.7. The van der Waals surface area contributed by atoms with E-state index >= 15 is 0 Å². The Hall–Kier alpha value is -1.87. The Morgan fingerprint density at radius 1 is 1.20 bits per heavy atom. The zero-order valence-corrected chi connectivity index (χ0v) is 19.4. The fraction of sp³-hybridized carbons (Fsp3) is 0.400. The predicted molar refractivity (Wildman–Crippen MR) is 122 cm³/mol. The van der Waals surface area contributed by atoms with Crippen molar-refractivity contribution >= 4 is 46.5 Å². The molecule has 7 nitrogen and oxygen atoms in total. The maximum Gasteiger partial charge on any atom is 0.339 e. The molecule has 0 aliphatic carbocycles. The number of sulfonamides is 1. The van der Waals surface area contributed by atoms with E-state index in [2.05, 4.69) is 15.0 Å². The van der Waals surface area contributed by atoms with Crippen molar-refractivity contribution < 1.29 is 17.9 Å². The first-order valence-electron chi connectivity index (χ1n) is 9.24. The summed E-state index contributed by atoms with van der Waals surface area (Å²) in [7, 11) is -2.25. The average Bonchev–Trinajstić information content (AvgIpc) is 2.72. The van der Waals surface area contributed by atoms with Gasteiger partial charge in [-0.2, -0.15) is 0 Å². The van der Waals surface area contributed by atoms with Crippen LogP contribution in [0.25, 0.3) is 0 Å². The summed E-state index contributed by atoms with van der Waals surface area (Å²) in [6.07, 6.45) is 2.57. The summed E-state index contributed by atoms with van der Waals surface area (Å²) in [5, 5.41) is 2.78. The third-order valence-corrected chi connectivity index (χ3v) is 7.12. The smallest absolute Gasteiger partial charge is 0.339 e. The molecule has 0 spiro atoms. The van der Waals surface area contributed by atoms with Crippen molar-refractivity contribution in [2.75, 3.05) is 24.5 Å². The van der Waals surface area contributed by atoms with Gasteiger partial charge >= 0.3 is 5.97 Å². The molecule has 2 heterocycles. The first kappa shape index (κ1) is 26.2. The lowest BCUT2D eigenvalue weighted by Gasteiger charge is -2.31. The molecule has 10 heteroatoms. The van der Waals surface area contributed by atoms with Crippen molar-refractivity contribution in [2.45, 2.75) is 31.6 Å². The Morgan fingerprint density at radius 2 is 1.90 bits per heavy atom. The van der Waals surface area contributed by atoms with Crippen LogP contribution in [0.1, 0.15) is 34.5 Å². The number of pyridine rings is 1. The number of nitrogens with zero attached hydrogens (tertiary/aromatic N) is 2. The number of esters is 1. The highest BCUT2D eigenvalue weighted by Crippen LogP contribution is 2.27.